The second-order valence-corrected chi connectivity index (χ2v) is 16.9. The highest BCUT2D eigenvalue weighted by Crippen LogP contribution is 2.59. The Labute approximate surface area is 212 Å². The van der Waals surface area contributed by atoms with Crippen molar-refractivity contribution in [2.75, 3.05) is 0 Å². The quantitative estimate of drug-likeness (QED) is 0.270. The first-order valence-corrected chi connectivity index (χ1v) is 15.3. The summed E-state index contributed by atoms with van der Waals surface area (Å²) in [5.74, 6) is 0.140. The zero-order valence-electron chi connectivity index (χ0n) is 23.3. The summed E-state index contributed by atoms with van der Waals surface area (Å²) in [5.41, 5.74) is 2.24. The number of phenols is 2. The third kappa shape index (κ3) is 5.04. The molecule has 35 heavy (non-hydrogen) atoms. The van der Waals surface area contributed by atoms with Crippen LogP contribution in [-0.4, -0.2) is 43.1 Å². The van der Waals surface area contributed by atoms with E-state index >= 15 is 0 Å². The number of hydrogen-bond donors (Lipinski definition) is 2. The van der Waals surface area contributed by atoms with E-state index in [1.165, 1.54) is 0 Å². The van der Waals surface area contributed by atoms with Gasteiger partial charge in [-0.1, -0.05) is 41.5 Å². The first-order valence-electron chi connectivity index (χ1n) is 13.2. The molecule has 2 aliphatic heterocycles. The molecule has 7 nitrogen and oxygen atoms in total. The molecular weight excluding hydrogens is 464 g/mol. The Morgan fingerprint density at radius 1 is 0.743 bits per heavy atom. The lowest BCUT2D eigenvalue weighted by Gasteiger charge is -2.43. The third-order valence-electron chi connectivity index (χ3n) is 7.32. The largest absolute Gasteiger partial charge is 0.504 e. The maximum Gasteiger partial charge on any atom is 0.207 e. The summed E-state index contributed by atoms with van der Waals surface area (Å²) < 4.78 is 31.6. The van der Waals surface area contributed by atoms with Gasteiger partial charge in [0.1, 0.15) is 6.10 Å². The van der Waals surface area contributed by atoms with E-state index in [-0.39, 0.29) is 41.3 Å². The van der Waals surface area contributed by atoms with Crippen molar-refractivity contribution < 1.29 is 33.6 Å². The summed E-state index contributed by atoms with van der Waals surface area (Å²) >= 11 is 0. The number of aromatic hydroxyl groups is 2. The van der Waals surface area contributed by atoms with Crippen LogP contribution >= 0.6 is 0 Å². The Morgan fingerprint density at radius 3 is 1.63 bits per heavy atom. The molecule has 0 aliphatic carbocycles. The van der Waals surface area contributed by atoms with E-state index in [2.05, 4.69) is 41.5 Å². The third-order valence-corrected chi connectivity index (χ3v) is 13.4. The van der Waals surface area contributed by atoms with Crippen LogP contribution < -0.4 is 9.47 Å². The van der Waals surface area contributed by atoms with Gasteiger partial charge in [-0.15, -0.1) is 0 Å². The number of fused-ring (bicyclic) bond motifs is 3. The standard InChI is InChI=1S/C27H46O7Si/c1-13(2)30-26-23(28)21-18(11)32-19-12-20(34-35(15(5)6,16(7)8)17(9)10)33-25(19)22(21)24(29)27(26)31-14(3)4/h13-20,25,28-29H,12H2,1-11H3/t18-,19-,20?,25+/m0/s1. The molecule has 8 heteroatoms. The molecule has 2 aliphatic rings. The fourth-order valence-electron chi connectivity index (χ4n) is 6.15. The van der Waals surface area contributed by atoms with Crippen molar-refractivity contribution in [1.29, 1.82) is 0 Å². The summed E-state index contributed by atoms with van der Waals surface area (Å²) in [6.45, 7) is 22.8. The second kappa shape index (κ2) is 10.5. The number of ether oxygens (including phenoxy) is 4. The van der Waals surface area contributed by atoms with Crippen molar-refractivity contribution in [3.8, 4) is 23.0 Å². The SMILES string of the molecule is CC(C)Oc1c(O)c2c(c(O)c1OC(C)C)[C@@H]1OC(O[Si](C(C)C)(C(C)C)C(C)C)C[C@@H]1O[C@H]2C. The lowest BCUT2D eigenvalue weighted by Crippen LogP contribution is -2.50. The van der Waals surface area contributed by atoms with Crippen molar-refractivity contribution in [2.45, 2.75) is 136 Å². The van der Waals surface area contributed by atoms with Gasteiger partial charge >= 0.3 is 0 Å². The van der Waals surface area contributed by atoms with Crippen molar-refractivity contribution >= 4 is 8.32 Å². The molecule has 0 aromatic heterocycles. The predicted octanol–water partition coefficient (Wildman–Crippen LogP) is 7.11. The van der Waals surface area contributed by atoms with Crippen molar-refractivity contribution in [3.63, 3.8) is 0 Å². The van der Waals surface area contributed by atoms with Crippen LogP contribution in [0.1, 0.15) is 106 Å². The average Bonchev–Trinajstić information content (AvgIpc) is 3.12. The Hall–Kier alpha value is -1.48. The molecule has 2 N–H and O–H groups in total. The highest BCUT2D eigenvalue weighted by atomic mass is 28.4. The van der Waals surface area contributed by atoms with E-state index in [1.807, 2.05) is 34.6 Å². The van der Waals surface area contributed by atoms with Gasteiger partial charge in [-0.3, -0.25) is 0 Å². The van der Waals surface area contributed by atoms with Gasteiger partial charge < -0.3 is 33.6 Å². The lowest BCUT2D eigenvalue weighted by atomic mass is 9.89. The number of rotatable bonds is 9. The minimum absolute atomic E-state index is 0.0620. The van der Waals surface area contributed by atoms with E-state index < -0.39 is 26.8 Å². The van der Waals surface area contributed by atoms with Crippen LogP contribution in [0.4, 0.5) is 0 Å². The maximum absolute atomic E-state index is 11.5. The van der Waals surface area contributed by atoms with Gasteiger partial charge in [-0.05, 0) is 51.2 Å². The number of phenolic OH excluding ortho intramolecular Hbond substituents is 2. The molecule has 1 unspecified atom stereocenters. The maximum atomic E-state index is 11.5. The summed E-state index contributed by atoms with van der Waals surface area (Å²) in [6.07, 6.45) is -1.64. The van der Waals surface area contributed by atoms with Crippen LogP contribution in [0.3, 0.4) is 0 Å². The molecular formula is C27H46O7Si. The molecule has 2 heterocycles. The van der Waals surface area contributed by atoms with Crippen LogP contribution in [0.15, 0.2) is 0 Å². The van der Waals surface area contributed by atoms with Crippen LogP contribution in [0.25, 0.3) is 0 Å². The Kier molecular flexibility index (Phi) is 8.41. The summed E-state index contributed by atoms with van der Waals surface area (Å²) in [6, 6.07) is 0. The van der Waals surface area contributed by atoms with Crippen molar-refractivity contribution in [2.24, 2.45) is 0 Å². The number of hydrogen-bond acceptors (Lipinski definition) is 7. The van der Waals surface area contributed by atoms with E-state index in [9.17, 15) is 10.2 Å². The first-order chi connectivity index (χ1) is 16.2. The Bertz CT molecular complexity index is 874. The van der Waals surface area contributed by atoms with Gasteiger partial charge in [0.2, 0.25) is 19.8 Å². The van der Waals surface area contributed by atoms with Crippen LogP contribution in [0.5, 0.6) is 23.0 Å². The molecule has 0 radical (unpaired) electrons. The monoisotopic (exact) mass is 510 g/mol. The topological polar surface area (TPSA) is 86.6 Å². The number of benzene rings is 1. The normalized spacial score (nSPS) is 24.6. The van der Waals surface area contributed by atoms with Crippen molar-refractivity contribution in [1.82, 2.24) is 0 Å². The Morgan fingerprint density at radius 2 is 1.20 bits per heavy atom. The van der Waals surface area contributed by atoms with Crippen LogP contribution in [0.2, 0.25) is 16.6 Å². The molecule has 0 saturated carbocycles. The molecule has 0 amide bonds. The minimum Gasteiger partial charge on any atom is -0.504 e. The van der Waals surface area contributed by atoms with Gasteiger partial charge in [0.25, 0.3) is 0 Å². The Balaban J connectivity index is 2.06. The van der Waals surface area contributed by atoms with Gasteiger partial charge in [0, 0.05) is 17.5 Å². The minimum atomic E-state index is -2.19. The molecule has 1 aromatic rings. The molecule has 1 saturated heterocycles. The molecule has 0 spiro atoms. The van der Waals surface area contributed by atoms with Crippen molar-refractivity contribution in [3.05, 3.63) is 11.1 Å². The molecule has 3 rings (SSSR count). The summed E-state index contributed by atoms with van der Waals surface area (Å²) in [4.78, 5) is 0. The fourth-order valence-corrected chi connectivity index (χ4v) is 11.6. The highest BCUT2D eigenvalue weighted by Gasteiger charge is 2.52. The van der Waals surface area contributed by atoms with Crippen LogP contribution in [0, 0.1) is 0 Å². The summed E-state index contributed by atoms with van der Waals surface area (Å²) in [5, 5.41) is 22.8. The first kappa shape index (κ1) is 28.1. The molecule has 1 aromatic carbocycles. The zero-order valence-corrected chi connectivity index (χ0v) is 24.3. The average molecular weight is 511 g/mol. The van der Waals surface area contributed by atoms with E-state index in [0.717, 1.165) is 0 Å². The van der Waals surface area contributed by atoms with E-state index in [4.69, 9.17) is 23.4 Å². The fraction of sp³-hybridized carbons (Fsp3) is 0.778. The molecule has 4 atom stereocenters. The molecule has 0 bridgehead atoms. The van der Waals surface area contributed by atoms with Gasteiger partial charge in [0.05, 0.1) is 24.4 Å². The zero-order chi connectivity index (χ0) is 26.4. The molecule has 200 valence electrons. The van der Waals surface area contributed by atoms with E-state index in [0.29, 0.717) is 34.2 Å². The van der Waals surface area contributed by atoms with Crippen LogP contribution in [-0.2, 0) is 13.9 Å². The second-order valence-electron chi connectivity index (χ2n) is 11.5. The van der Waals surface area contributed by atoms with Gasteiger partial charge in [-0.25, -0.2) is 0 Å². The van der Waals surface area contributed by atoms with Gasteiger partial charge in [-0.2, -0.15) is 0 Å². The van der Waals surface area contributed by atoms with E-state index in [1.54, 1.807) is 0 Å². The smallest absolute Gasteiger partial charge is 0.207 e. The predicted molar refractivity (Wildman–Crippen MR) is 139 cm³/mol. The highest BCUT2D eigenvalue weighted by molar-refractivity contribution is 6.77. The summed E-state index contributed by atoms with van der Waals surface area (Å²) in [7, 11) is -2.19. The van der Waals surface area contributed by atoms with Gasteiger partial charge in [0.15, 0.2) is 17.8 Å². The molecule has 1 fully saturated rings. The lowest BCUT2D eigenvalue weighted by molar-refractivity contribution is -0.109.